The highest BCUT2D eigenvalue weighted by Crippen LogP contribution is 2.41. The summed E-state index contributed by atoms with van der Waals surface area (Å²) in [6.45, 7) is 15.4. The van der Waals surface area contributed by atoms with Crippen molar-refractivity contribution in [2.45, 2.75) is 76.1 Å². The standard InChI is InChI=1S/C48H72N8O12S/c1-36(38-7-9-39(10-8-38)43(33-37-5-6-37)54-16-18-55(19-17-54)46(57)68-48(2,3)4)52-45-50-34-40-35-67-47(58)56(44(40)53-45)20-22-62-24-26-64-28-30-66-32-31-65-29-27-63-25-23-61-21-15-51-69(59,60)42-13-11-41(49)12-14-42/h7-14,34,36-37,43,51H,5-6,15-33,35,49H2,1-4H3,(H,50,52,53)/t36-,43-/m0/s1. The van der Waals surface area contributed by atoms with Crippen molar-refractivity contribution in [1.29, 1.82) is 0 Å². The number of cyclic esters (lactones) is 1. The van der Waals surface area contributed by atoms with Crippen molar-refractivity contribution < 1.29 is 55.9 Å². The van der Waals surface area contributed by atoms with Crippen molar-refractivity contribution in [1.82, 2.24) is 24.5 Å². The molecular weight excluding hydrogens is 913 g/mol. The number of rotatable bonds is 30. The Hall–Kier alpha value is -4.71. The molecule has 2 amide bonds. The molecule has 1 saturated heterocycles. The lowest BCUT2D eigenvalue weighted by Crippen LogP contribution is -2.50. The SMILES string of the molecule is C[C@H](Nc1ncc2c(n1)N(CCOCCOCCOCCOCCOCCOCCNS(=O)(=O)c1ccc(N)cc1)C(=O)OC2)c1ccc([C@H](CC2CC2)N2CCN(C(=O)OC(C)(C)C)CC2)cc1. The van der Waals surface area contributed by atoms with Crippen LogP contribution in [0.25, 0.3) is 0 Å². The average Bonchev–Trinajstić information content (AvgIpc) is 4.16. The fourth-order valence-electron chi connectivity index (χ4n) is 7.63. The summed E-state index contributed by atoms with van der Waals surface area (Å²) in [5.74, 6) is 1.65. The average molecular weight is 985 g/mol. The first-order valence-corrected chi connectivity index (χ1v) is 25.4. The van der Waals surface area contributed by atoms with Gasteiger partial charge in [0.25, 0.3) is 0 Å². The second kappa shape index (κ2) is 27.0. The zero-order valence-electron chi connectivity index (χ0n) is 40.6. The predicted octanol–water partition coefficient (Wildman–Crippen LogP) is 5.16. The van der Waals surface area contributed by atoms with Crippen molar-refractivity contribution in [2.24, 2.45) is 5.92 Å². The second-order valence-corrected chi connectivity index (χ2v) is 19.9. The van der Waals surface area contributed by atoms with Gasteiger partial charge in [-0.25, -0.2) is 27.7 Å². The monoisotopic (exact) mass is 984 g/mol. The summed E-state index contributed by atoms with van der Waals surface area (Å²) in [5.41, 5.74) is 8.67. The number of fused-ring (bicyclic) bond motifs is 1. The Bertz CT molecular complexity index is 2140. The van der Waals surface area contributed by atoms with Gasteiger partial charge in [-0.05, 0) is 75.4 Å². The molecule has 20 nitrogen and oxygen atoms in total. The van der Waals surface area contributed by atoms with Gasteiger partial charge in [-0.1, -0.05) is 37.1 Å². The quantitative estimate of drug-likeness (QED) is 0.0579. The van der Waals surface area contributed by atoms with Crippen LogP contribution in [0.1, 0.15) is 75.7 Å². The van der Waals surface area contributed by atoms with Gasteiger partial charge in [-0.15, -0.1) is 0 Å². The molecule has 3 aromatic rings. The minimum absolute atomic E-state index is 0.0969. The largest absolute Gasteiger partial charge is 0.444 e. The van der Waals surface area contributed by atoms with E-state index >= 15 is 0 Å². The Morgan fingerprint density at radius 2 is 1.35 bits per heavy atom. The van der Waals surface area contributed by atoms with Crippen LogP contribution in [0, 0.1) is 5.92 Å². The van der Waals surface area contributed by atoms with Crippen LogP contribution in [0.5, 0.6) is 0 Å². The normalized spacial score (nSPS) is 16.5. The number of nitrogens with one attached hydrogen (secondary N) is 2. The topological polar surface area (TPSA) is 228 Å². The van der Waals surface area contributed by atoms with Crippen LogP contribution < -0.4 is 20.7 Å². The summed E-state index contributed by atoms with van der Waals surface area (Å²) in [5, 5.41) is 3.42. The van der Waals surface area contributed by atoms with Gasteiger partial charge >= 0.3 is 12.2 Å². The minimum Gasteiger partial charge on any atom is -0.444 e. The predicted molar refractivity (Wildman–Crippen MR) is 258 cm³/mol. The van der Waals surface area contributed by atoms with E-state index in [1.165, 1.54) is 47.6 Å². The highest BCUT2D eigenvalue weighted by Gasteiger charge is 2.34. The number of benzene rings is 2. The number of anilines is 3. The van der Waals surface area contributed by atoms with E-state index < -0.39 is 21.7 Å². The summed E-state index contributed by atoms with van der Waals surface area (Å²) in [6, 6.07) is 14.9. The number of aromatic nitrogens is 2. The van der Waals surface area contributed by atoms with Gasteiger partial charge < -0.3 is 53.8 Å². The lowest BCUT2D eigenvalue weighted by molar-refractivity contribution is -0.0162. The molecule has 0 unspecified atom stereocenters. The number of ether oxygens (including phenoxy) is 8. The summed E-state index contributed by atoms with van der Waals surface area (Å²) in [4.78, 5) is 40.8. The molecule has 3 heterocycles. The molecule has 2 fully saturated rings. The lowest BCUT2D eigenvalue weighted by Gasteiger charge is -2.40. The third-order valence-electron chi connectivity index (χ3n) is 11.5. The Kier molecular flexibility index (Phi) is 21.0. The Morgan fingerprint density at radius 3 is 1.91 bits per heavy atom. The number of carbonyl (C=O) groups is 2. The maximum absolute atomic E-state index is 12.8. The molecule has 1 saturated carbocycles. The molecule has 3 aliphatic rings. The Labute approximate surface area is 406 Å². The van der Waals surface area contributed by atoms with Crippen LogP contribution in [0.2, 0.25) is 0 Å². The summed E-state index contributed by atoms with van der Waals surface area (Å²) in [7, 11) is -3.61. The first-order chi connectivity index (χ1) is 33.3. The van der Waals surface area contributed by atoms with Crippen molar-refractivity contribution in [3.8, 4) is 0 Å². The second-order valence-electron chi connectivity index (χ2n) is 18.1. The van der Waals surface area contributed by atoms with E-state index in [1.807, 2.05) is 25.7 Å². The number of nitrogens with two attached hydrogens (primary N) is 1. The minimum atomic E-state index is -3.61. The number of piperazine rings is 1. The Balaban J connectivity index is 0.796. The van der Waals surface area contributed by atoms with Gasteiger partial charge in [-0.3, -0.25) is 9.80 Å². The number of amides is 2. The van der Waals surface area contributed by atoms with Gasteiger partial charge in [0.1, 0.15) is 18.0 Å². The van der Waals surface area contributed by atoms with E-state index in [0.717, 1.165) is 31.0 Å². The summed E-state index contributed by atoms with van der Waals surface area (Å²) in [6.07, 6.45) is 4.62. The van der Waals surface area contributed by atoms with E-state index in [2.05, 4.69) is 51.1 Å². The maximum Gasteiger partial charge on any atom is 0.415 e. The van der Waals surface area contributed by atoms with Crippen molar-refractivity contribution in [3.05, 3.63) is 71.4 Å². The number of sulfonamides is 1. The highest BCUT2D eigenvalue weighted by atomic mass is 32.2. The van der Waals surface area contributed by atoms with Gasteiger partial charge in [0.2, 0.25) is 16.0 Å². The highest BCUT2D eigenvalue weighted by molar-refractivity contribution is 7.89. The maximum atomic E-state index is 12.8. The van der Waals surface area contributed by atoms with Gasteiger partial charge in [0.05, 0.1) is 102 Å². The van der Waals surface area contributed by atoms with Crippen molar-refractivity contribution >= 4 is 39.7 Å². The third-order valence-corrected chi connectivity index (χ3v) is 13.0. The van der Waals surface area contributed by atoms with Crippen LogP contribution in [-0.2, 0) is 54.5 Å². The van der Waals surface area contributed by atoms with Crippen LogP contribution in [0.4, 0.5) is 27.0 Å². The van der Waals surface area contributed by atoms with E-state index in [1.54, 1.807) is 6.20 Å². The fraction of sp³-hybridized carbons (Fsp3) is 0.625. The number of nitrogen functional groups attached to an aromatic ring is 1. The molecule has 0 bridgehead atoms. The van der Waals surface area contributed by atoms with E-state index in [-0.39, 0.29) is 49.9 Å². The lowest BCUT2D eigenvalue weighted by atomic mass is 9.96. The third kappa shape index (κ3) is 18.2. The molecule has 0 radical (unpaired) electrons. The molecule has 4 N–H and O–H groups in total. The van der Waals surface area contributed by atoms with Crippen molar-refractivity contribution in [3.63, 3.8) is 0 Å². The van der Waals surface area contributed by atoms with Crippen LogP contribution in [-0.4, -0.2) is 165 Å². The number of carbonyl (C=O) groups excluding carboxylic acids is 2. The molecule has 2 atom stereocenters. The molecule has 6 rings (SSSR count). The van der Waals surface area contributed by atoms with Crippen molar-refractivity contribution in [2.75, 3.05) is 135 Å². The van der Waals surface area contributed by atoms with E-state index in [0.29, 0.717) is 108 Å². The molecule has 1 aromatic heterocycles. The van der Waals surface area contributed by atoms with Gasteiger partial charge in [0.15, 0.2) is 0 Å². The van der Waals surface area contributed by atoms with E-state index in [4.69, 9.17) is 48.6 Å². The first kappa shape index (κ1) is 53.6. The fourth-order valence-corrected chi connectivity index (χ4v) is 8.64. The molecule has 0 spiro atoms. The number of hydrogen-bond acceptors (Lipinski definition) is 17. The smallest absolute Gasteiger partial charge is 0.415 e. The molecule has 21 heteroatoms. The summed E-state index contributed by atoms with van der Waals surface area (Å²) >= 11 is 0. The van der Waals surface area contributed by atoms with Gasteiger partial charge in [0, 0.05) is 50.6 Å². The molecule has 69 heavy (non-hydrogen) atoms. The number of hydrogen-bond donors (Lipinski definition) is 3. The first-order valence-electron chi connectivity index (χ1n) is 24.0. The molecule has 1 aliphatic carbocycles. The number of nitrogens with zero attached hydrogens (tertiary/aromatic N) is 5. The molecule has 2 aliphatic heterocycles. The molecule has 382 valence electrons. The van der Waals surface area contributed by atoms with Crippen LogP contribution in [0.15, 0.2) is 59.6 Å². The zero-order valence-corrected chi connectivity index (χ0v) is 41.4. The molecule has 2 aromatic carbocycles. The van der Waals surface area contributed by atoms with E-state index in [9.17, 15) is 18.0 Å². The van der Waals surface area contributed by atoms with Crippen LogP contribution >= 0.6 is 0 Å². The summed E-state index contributed by atoms with van der Waals surface area (Å²) < 4.78 is 71.3. The zero-order chi connectivity index (χ0) is 49.1. The van der Waals surface area contributed by atoms with Gasteiger partial charge in [-0.2, -0.15) is 4.98 Å². The van der Waals surface area contributed by atoms with Crippen LogP contribution in [0.3, 0.4) is 0 Å². The Morgan fingerprint density at radius 1 is 0.797 bits per heavy atom. The molecular formula is C48H72N8O12S.